The summed E-state index contributed by atoms with van der Waals surface area (Å²) < 4.78 is 61.4. The summed E-state index contributed by atoms with van der Waals surface area (Å²) in [6.07, 6.45) is 2.63. The summed E-state index contributed by atoms with van der Waals surface area (Å²) in [7, 11) is 0. The van der Waals surface area contributed by atoms with Crippen molar-refractivity contribution >= 4 is 22.7 Å². The molecule has 0 radical (unpaired) electrons. The molecule has 2 aromatic heterocycles. The zero-order valence-corrected chi connectivity index (χ0v) is 13.3. The Balaban J connectivity index is 1.76. The van der Waals surface area contributed by atoms with Gasteiger partial charge in [0.25, 0.3) is 0 Å². The van der Waals surface area contributed by atoms with E-state index >= 15 is 0 Å². The SMILES string of the molecule is Fc1nc(Nc2cc(F)c(F)cc2F)c2ncn(C3CCCCO3)c2n1. The van der Waals surface area contributed by atoms with Crippen LogP contribution in [0.4, 0.5) is 29.1 Å². The third-order valence-corrected chi connectivity index (χ3v) is 4.12. The van der Waals surface area contributed by atoms with Gasteiger partial charge in [0.15, 0.2) is 28.6 Å². The number of aromatic nitrogens is 4. The Hall–Kier alpha value is -2.75. The molecule has 0 saturated carbocycles. The van der Waals surface area contributed by atoms with Crippen molar-refractivity contribution in [2.45, 2.75) is 25.5 Å². The molecule has 6 nitrogen and oxygen atoms in total. The Bertz CT molecular complexity index is 971. The molecule has 136 valence electrons. The van der Waals surface area contributed by atoms with Crippen LogP contribution >= 0.6 is 0 Å². The maximum Gasteiger partial charge on any atom is 0.312 e. The molecule has 1 atom stereocenters. The molecule has 4 rings (SSSR count). The average molecular weight is 367 g/mol. The van der Waals surface area contributed by atoms with E-state index in [0.29, 0.717) is 18.7 Å². The lowest BCUT2D eigenvalue weighted by molar-refractivity contribution is -0.0298. The van der Waals surface area contributed by atoms with Gasteiger partial charge in [0, 0.05) is 18.7 Å². The first kappa shape index (κ1) is 16.7. The van der Waals surface area contributed by atoms with Crippen LogP contribution in [0.5, 0.6) is 0 Å². The van der Waals surface area contributed by atoms with Crippen molar-refractivity contribution in [1.29, 1.82) is 0 Å². The molecule has 3 aromatic rings. The molecule has 1 aliphatic rings. The second-order valence-electron chi connectivity index (χ2n) is 5.86. The highest BCUT2D eigenvalue weighted by Gasteiger charge is 2.22. The van der Waals surface area contributed by atoms with E-state index < -0.39 is 29.2 Å². The van der Waals surface area contributed by atoms with E-state index in [1.807, 2.05) is 0 Å². The van der Waals surface area contributed by atoms with E-state index in [4.69, 9.17) is 4.74 Å². The van der Waals surface area contributed by atoms with Gasteiger partial charge >= 0.3 is 6.08 Å². The molecule has 1 saturated heterocycles. The summed E-state index contributed by atoms with van der Waals surface area (Å²) in [6, 6.07) is 1.01. The zero-order chi connectivity index (χ0) is 18.3. The van der Waals surface area contributed by atoms with Gasteiger partial charge in [-0.3, -0.25) is 4.57 Å². The fourth-order valence-electron chi connectivity index (χ4n) is 2.88. The van der Waals surface area contributed by atoms with Crippen LogP contribution in [0, 0.1) is 23.5 Å². The van der Waals surface area contributed by atoms with Crippen molar-refractivity contribution in [2.75, 3.05) is 11.9 Å². The Morgan fingerprint density at radius 2 is 1.85 bits per heavy atom. The van der Waals surface area contributed by atoms with Crippen LogP contribution in [0.1, 0.15) is 25.5 Å². The first-order chi connectivity index (χ1) is 12.5. The topological polar surface area (TPSA) is 64.9 Å². The molecule has 1 N–H and O–H groups in total. The van der Waals surface area contributed by atoms with Gasteiger partial charge in [-0.05, 0) is 19.3 Å². The molecule has 10 heteroatoms. The lowest BCUT2D eigenvalue weighted by Gasteiger charge is -2.23. The fraction of sp³-hybridized carbons (Fsp3) is 0.312. The molecule has 3 heterocycles. The summed E-state index contributed by atoms with van der Waals surface area (Å²) in [4.78, 5) is 11.4. The van der Waals surface area contributed by atoms with Gasteiger partial charge in [-0.1, -0.05) is 0 Å². The number of rotatable bonds is 3. The van der Waals surface area contributed by atoms with Crippen LogP contribution in [-0.2, 0) is 4.74 Å². The minimum Gasteiger partial charge on any atom is -0.358 e. The second kappa shape index (κ2) is 6.52. The van der Waals surface area contributed by atoms with Crippen molar-refractivity contribution in [1.82, 2.24) is 19.5 Å². The van der Waals surface area contributed by atoms with Crippen LogP contribution < -0.4 is 5.32 Å². The van der Waals surface area contributed by atoms with E-state index in [2.05, 4.69) is 20.3 Å². The molecule has 0 spiro atoms. The fourth-order valence-corrected chi connectivity index (χ4v) is 2.88. The Kier molecular flexibility index (Phi) is 4.19. The summed E-state index contributed by atoms with van der Waals surface area (Å²) in [5, 5.41) is 2.45. The normalized spacial score (nSPS) is 17.6. The number of halogens is 4. The van der Waals surface area contributed by atoms with Crippen LogP contribution in [0.15, 0.2) is 18.5 Å². The van der Waals surface area contributed by atoms with Gasteiger partial charge in [0.1, 0.15) is 12.0 Å². The summed E-state index contributed by atoms with van der Waals surface area (Å²) >= 11 is 0. The number of anilines is 2. The molecule has 0 bridgehead atoms. The van der Waals surface area contributed by atoms with E-state index in [1.165, 1.54) is 6.33 Å². The van der Waals surface area contributed by atoms with E-state index in [1.54, 1.807) is 4.57 Å². The minimum atomic E-state index is -1.33. The van der Waals surface area contributed by atoms with Gasteiger partial charge in [0.2, 0.25) is 0 Å². The number of imidazole rings is 1. The largest absolute Gasteiger partial charge is 0.358 e. The average Bonchev–Trinajstić information content (AvgIpc) is 3.04. The quantitative estimate of drug-likeness (QED) is 0.433. The lowest BCUT2D eigenvalue weighted by Crippen LogP contribution is -2.18. The van der Waals surface area contributed by atoms with Crippen LogP contribution in [0.3, 0.4) is 0 Å². The highest BCUT2D eigenvalue weighted by atomic mass is 19.2. The summed E-state index contributed by atoms with van der Waals surface area (Å²) in [6.45, 7) is 0.573. The van der Waals surface area contributed by atoms with Crippen LogP contribution in [-0.4, -0.2) is 26.1 Å². The molecule has 1 unspecified atom stereocenters. The maximum absolute atomic E-state index is 13.9. The van der Waals surface area contributed by atoms with Crippen molar-refractivity contribution < 1.29 is 22.3 Å². The van der Waals surface area contributed by atoms with Crippen LogP contribution in [0.25, 0.3) is 11.2 Å². The van der Waals surface area contributed by atoms with Crippen molar-refractivity contribution in [2.24, 2.45) is 0 Å². The summed E-state index contributed by atoms with van der Waals surface area (Å²) in [5.74, 6) is -3.79. The van der Waals surface area contributed by atoms with Crippen molar-refractivity contribution in [3.05, 3.63) is 42.0 Å². The standard InChI is InChI=1S/C16H13F4N5O/c17-8-5-10(19)11(6-9(8)18)22-14-13-15(24-16(20)23-14)25(7-21-13)12-3-1-2-4-26-12/h5-7,12H,1-4H2,(H,22,23,24). The predicted octanol–water partition coefficient (Wildman–Crippen LogP) is 3.83. The molecule has 0 aliphatic carbocycles. The first-order valence-electron chi connectivity index (χ1n) is 7.96. The number of hydrogen-bond acceptors (Lipinski definition) is 5. The number of hydrogen-bond donors (Lipinski definition) is 1. The van der Waals surface area contributed by atoms with Gasteiger partial charge < -0.3 is 10.1 Å². The zero-order valence-electron chi connectivity index (χ0n) is 13.3. The van der Waals surface area contributed by atoms with Crippen LogP contribution in [0.2, 0.25) is 0 Å². The summed E-state index contributed by atoms with van der Waals surface area (Å²) in [5.41, 5.74) is -0.0774. The number of nitrogens with zero attached hydrogens (tertiary/aromatic N) is 4. The molecule has 0 amide bonds. The van der Waals surface area contributed by atoms with Crippen molar-refractivity contribution in [3.8, 4) is 0 Å². The number of nitrogens with one attached hydrogen (secondary N) is 1. The number of ether oxygens (including phenoxy) is 1. The molecule has 1 aliphatic heterocycles. The third-order valence-electron chi connectivity index (χ3n) is 4.12. The third kappa shape index (κ3) is 2.96. The Labute approximate surface area is 144 Å². The maximum atomic E-state index is 13.9. The van der Waals surface area contributed by atoms with Gasteiger partial charge in [0.05, 0.1) is 12.0 Å². The van der Waals surface area contributed by atoms with Gasteiger partial charge in [-0.2, -0.15) is 14.4 Å². The number of fused-ring (bicyclic) bond motifs is 1. The predicted molar refractivity (Wildman–Crippen MR) is 83.7 cm³/mol. The van der Waals surface area contributed by atoms with E-state index in [-0.39, 0.29) is 23.2 Å². The molecular weight excluding hydrogens is 354 g/mol. The molecule has 26 heavy (non-hydrogen) atoms. The minimum absolute atomic E-state index is 0.157. The number of benzene rings is 1. The first-order valence-corrected chi connectivity index (χ1v) is 7.96. The Morgan fingerprint density at radius 1 is 1.04 bits per heavy atom. The van der Waals surface area contributed by atoms with Gasteiger partial charge in [-0.25, -0.2) is 18.2 Å². The molecular formula is C16H13F4N5O. The Morgan fingerprint density at radius 3 is 2.62 bits per heavy atom. The molecule has 1 fully saturated rings. The lowest BCUT2D eigenvalue weighted by atomic mass is 10.2. The van der Waals surface area contributed by atoms with E-state index in [9.17, 15) is 17.6 Å². The highest BCUT2D eigenvalue weighted by molar-refractivity contribution is 5.85. The molecule has 1 aromatic carbocycles. The second-order valence-corrected chi connectivity index (χ2v) is 5.86. The van der Waals surface area contributed by atoms with E-state index in [0.717, 1.165) is 19.3 Å². The van der Waals surface area contributed by atoms with Gasteiger partial charge in [-0.15, -0.1) is 0 Å². The smallest absolute Gasteiger partial charge is 0.312 e. The monoisotopic (exact) mass is 367 g/mol. The highest BCUT2D eigenvalue weighted by Crippen LogP contribution is 2.29. The van der Waals surface area contributed by atoms with Crippen molar-refractivity contribution in [3.63, 3.8) is 0 Å².